The normalized spacial score (nSPS) is 12.1. The summed E-state index contributed by atoms with van der Waals surface area (Å²) in [5.74, 6) is 0. The predicted molar refractivity (Wildman–Crippen MR) is 77.8 cm³/mol. The first-order chi connectivity index (χ1) is 8.43. The molecule has 0 aliphatic heterocycles. The van der Waals surface area contributed by atoms with Gasteiger partial charge >= 0.3 is 0 Å². The van der Waals surface area contributed by atoms with E-state index in [9.17, 15) is 0 Å². The number of nitrogens with zero attached hydrogens (tertiary/aromatic N) is 1. The van der Waals surface area contributed by atoms with E-state index < -0.39 is 0 Å². The van der Waals surface area contributed by atoms with Crippen LogP contribution >= 0.6 is 0 Å². The minimum Gasteiger partial charge on any atom is -0.396 e. The van der Waals surface area contributed by atoms with Crippen molar-refractivity contribution < 1.29 is 5.11 Å². The molecule has 0 atom stereocenters. The molecule has 0 saturated carbocycles. The molecule has 1 aromatic carbocycles. The van der Waals surface area contributed by atoms with Gasteiger partial charge in [-0.25, -0.2) is 0 Å². The SMILES string of the molecule is CN(CCCCO)Cc1ccc(C(C)(C)C)cc1. The molecule has 0 aliphatic carbocycles. The van der Waals surface area contributed by atoms with Crippen molar-refractivity contribution in [3.8, 4) is 0 Å². The number of benzene rings is 1. The highest BCUT2D eigenvalue weighted by molar-refractivity contribution is 5.27. The Balaban J connectivity index is 2.48. The second kappa shape index (κ2) is 6.91. The smallest absolute Gasteiger partial charge is 0.0431 e. The topological polar surface area (TPSA) is 23.5 Å². The number of unbranched alkanes of at least 4 members (excludes halogenated alkanes) is 1. The van der Waals surface area contributed by atoms with Gasteiger partial charge in [-0.1, -0.05) is 45.0 Å². The molecule has 0 amide bonds. The van der Waals surface area contributed by atoms with E-state index in [0.29, 0.717) is 6.61 Å². The number of aliphatic hydroxyl groups is 1. The van der Waals surface area contributed by atoms with E-state index in [1.807, 2.05) is 0 Å². The van der Waals surface area contributed by atoms with E-state index in [2.05, 4.69) is 57.0 Å². The van der Waals surface area contributed by atoms with Gasteiger partial charge in [0.05, 0.1) is 0 Å². The van der Waals surface area contributed by atoms with Gasteiger partial charge in [0.25, 0.3) is 0 Å². The van der Waals surface area contributed by atoms with Gasteiger partial charge in [0, 0.05) is 13.2 Å². The molecule has 0 unspecified atom stereocenters. The highest BCUT2D eigenvalue weighted by Crippen LogP contribution is 2.22. The summed E-state index contributed by atoms with van der Waals surface area (Å²) in [4.78, 5) is 2.31. The first-order valence-corrected chi connectivity index (χ1v) is 6.82. The minimum absolute atomic E-state index is 0.228. The maximum atomic E-state index is 8.76. The van der Waals surface area contributed by atoms with Crippen LogP contribution in [0, 0.1) is 0 Å². The molecule has 1 aromatic rings. The monoisotopic (exact) mass is 249 g/mol. The second-order valence-corrected chi connectivity index (χ2v) is 6.12. The van der Waals surface area contributed by atoms with Gasteiger partial charge < -0.3 is 10.0 Å². The van der Waals surface area contributed by atoms with E-state index in [1.165, 1.54) is 11.1 Å². The fraction of sp³-hybridized carbons (Fsp3) is 0.625. The van der Waals surface area contributed by atoms with E-state index in [4.69, 9.17) is 5.11 Å². The molecule has 2 heteroatoms. The van der Waals surface area contributed by atoms with Crippen LogP contribution in [0.25, 0.3) is 0 Å². The third kappa shape index (κ3) is 5.19. The van der Waals surface area contributed by atoms with Crippen LogP contribution < -0.4 is 0 Å². The number of rotatable bonds is 6. The molecule has 0 bridgehead atoms. The van der Waals surface area contributed by atoms with E-state index in [-0.39, 0.29) is 5.41 Å². The highest BCUT2D eigenvalue weighted by Gasteiger charge is 2.12. The van der Waals surface area contributed by atoms with Crippen molar-refractivity contribution in [2.75, 3.05) is 20.2 Å². The van der Waals surface area contributed by atoms with Crippen molar-refractivity contribution in [3.63, 3.8) is 0 Å². The van der Waals surface area contributed by atoms with E-state index >= 15 is 0 Å². The maximum Gasteiger partial charge on any atom is 0.0431 e. The Morgan fingerprint density at radius 1 is 1.06 bits per heavy atom. The lowest BCUT2D eigenvalue weighted by Gasteiger charge is -2.20. The van der Waals surface area contributed by atoms with Crippen LogP contribution in [0.15, 0.2) is 24.3 Å². The fourth-order valence-electron chi connectivity index (χ4n) is 1.99. The lowest BCUT2D eigenvalue weighted by atomic mass is 9.87. The van der Waals surface area contributed by atoms with Crippen molar-refractivity contribution in [3.05, 3.63) is 35.4 Å². The average molecular weight is 249 g/mol. The van der Waals surface area contributed by atoms with Crippen LogP contribution in [0.5, 0.6) is 0 Å². The maximum absolute atomic E-state index is 8.76. The molecule has 1 rings (SSSR count). The van der Waals surface area contributed by atoms with Crippen molar-refractivity contribution >= 4 is 0 Å². The Bertz CT molecular complexity index is 337. The summed E-state index contributed by atoms with van der Waals surface area (Å²) in [6.45, 7) is 9.04. The van der Waals surface area contributed by atoms with Crippen LogP contribution in [0.2, 0.25) is 0 Å². The van der Waals surface area contributed by atoms with E-state index in [0.717, 1.165) is 25.9 Å². The zero-order valence-corrected chi connectivity index (χ0v) is 12.2. The quantitative estimate of drug-likeness (QED) is 0.783. The van der Waals surface area contributed by atoms with Gasteiger partial charge in [0.2, 0.25) is 0 Å². The van der Waals surface area contributed by atoms with Crippen LogP contribution in [-0.4, -0.2) is 30.2 Å². The molecule has 0 aromatic heterocycles. The lowest BCUT2D eigenvalue weighted by molar-refractivity contribution is 0.261. The van der Waals surface area contributed by atoms with Gasteiger partial charge in [-0.2, -0.15) is 0 Å². The third-order valence-corrected chi connectivity index (χ3v) is 3.22. The summed E-state index contributed by atoms with van der Waals surface area (Å²) < 4.78 is 0. The Labute approximate surface area is 112 Å². The van der Waals surface area contributed by atoms with Crippen LogP contribution in [0.1, 0.15) is 44.7 Å². The standard InChI is InChI=1S/C16H27NO/c1-16(2,3)15-9-7-14(8-10-15)13-17(4)11-5-6-12-18/h7-10,18H,5-6,11-13H2,1-4H3. The number of hydrogen-bond donors (Lipinski definition) is 1. The minimum atomic E-state index is 0.228. The summed E-state index contributed by atoms with van der Waals surface area (Å²) in [5, 5.41) is 8.76. The molecule has 0 heterocycles. The van der Waals surface area contributed by atoms with Gasteiger partial charge in [0.1, 0.15) is 0 Å². The van der Waals surface area contributed by atoms with Gasteiger partial charge in [-0.15, -0.1) is 0 Å². The lowest BCUT2D eigenvalue weighted by Crippen LogP contribution is -2.19. The largest absolute Gasteiger partial charge is 0.396 e. The summed E-state index contributed by atoms with van der Waals surface area (Å²) in [5.41, 5.74) is 2.97. The third-order valence-electron chi connectivity index (χ3n) is 3.22. The molecular weight excluding hydrogens is 222 g/mol. The van der Waals surface area contributed by atoms with Crippen LogP contribution in [0.3, 0.4) is 0 Å². The van der Waals surface area contributed by atoms with Gasteiger partial charge in [-0.05, 0) is 43.0 Å². The van der Waals surface area contributed by atoms with Crippen molar-refractivity contribution in [1.82, 2.24) is 4.90 Å². The van der Waals surface area contributed by atoms with Crippen LogP contribution in [-0.2, 0) is 12.0 Å². The molecule has 1 N–H and O–H groups in total. The Morgan fingerprint density at radius 2 is 1.67 bits per heavy atom. The molecule has 0 spiro atoms. The molecular formula is C16H27NO. The highest BCUT2D eigenvalue weighted by atomic mass is 16.2. The summed E-state index contributed by atoms with van der Waals surface area (Å²) >= 11 is 0. The Morgan fingerprint density at radius 3 is 2.17 bits per heavy atom. The zero-order chi connectivity index (χ0) is 13.6. The summed E-state index contributed by atoms with van der Waals surface area (Å²) in [6, 6.07) is 8.92. The van der Waals surface area contributed by atoms with Gasteiger partial charge in [0.15, 0.2) is 0 Å². The number of hydrogen-bond acceptors (Lipinski definition) is 2. The predicted octanol–water partition coefficient (Wildman–Crippen LogP) is 3.19. The Hall–Kier alpha value is -0.860. The zero-order valence-electron chi connectivity index (χ0n) is 12.2. The molecule has 0 aliphatic rings. The number of aliphatic hydroxyl groups excluding tert-OH is 1. The Kier molecular flexibility index (Phi) is 5.83. The van der Waals surface area contributed by atoms with Gasteiger partial charge in [-0.3, -0.25) is 0 Å². The molecule has 102 valence electrons. The molecule has 0 saturated heterocycles. The molecule has 0 fully saturated rings. The van der Waals surface area contributed by atoms with Crippen molar-refractivity contribution in [2.24, 2.45) is 0 Å². The first-order valence-electron chi connectivity index (χ1n) is 6.82. The summed E-state index contributed by atoms with van der Waals surface area (Å²) in [6.07, 6.45) is 1.96. The fourth-order valence-corrected chi connectivity index (χ4v) is 1.99. The van der Waals surface area contributed by atoms with Crippen molar-refractivity contribution in [1.29, 1.82) is 0 Å². The molecule has 18 heavy (non-hydrogen) atoms. The van der Waals surface area contributed by atoms with E-state index in [1.54, 1.807) is 0 Å². The second-order valence-electron chi connectivity index (χ2n) is 6.12. The first kappa shape index (κ1) is 15.2. The van der Waals surface area contributed by atoms with Crippen LogP contribution in [0.4, 0.5) is 0 Å². The average Bonchev–Trinajstić information content (AvgIpc) is 2.29. The van der Waals surface area contributed by atoms with Crippen molar-refractivity contribution in [2.45, 2.75) is 45.6 Å². The molecule has 2 nitrogen and oxygen atoms in total. The summed E-state index contributed by atoms with van der Waals surface area (Å²) in [7, 11) is 2.13. The molecule has 0 radical (unpaired) electrons.